The van der Waals surface area contributed by atoms with Gasteiger partial charge in [0.1, 0.15) is 6.04 Å². The first-order valence-corrected chi connectivity index (χ1v) is 6.18. The number of hydrogen-bond acceptors (Lipinski definition) is 4. The Morgan fingerprint density at radius 1 is 1.26 bits per heavy atom. The monoisotopic (exact) mass is 274 g/mol. The molecule has 0 fully saturated rings. The summed E-state index contributed by atoms with van der Waals surface area (Å²) in [7, 11) is 0. The second-order valence-electron chi connectivity index (χ2n) is 3.99. The molecule has 0 rings (SSSR count). The molecular formula is C11H22N4O4. The number of carboxylic acid groups (broad SMARTS) is 1. The highest BCUT2D eigenvalue weighted by Gasteiger charge is 2.21. The van der Waals surface area contributed by atoms with E-state index in [2.05, 4.69) is 15.5 Å². The Labute approximate surface area is 112 Å². The summed E-state index contributed by atoms with van der Waals surface area (Å²) in [6.07, 6.45) is -0.432. The fourth-order valence-electron chi connectivity index (χ4n) is 1.48. The second kappa shape index (κ2) is 9.15. The molecule has 0 aliphatic heterocycles. The molecule has 8 nitrogen and oxygen atoms in total. The van der Waals surface area contributed by atoms with Crippen molar-refractivity contribution in [3.8, 4) is 0 Å². The molecule has 3 amide bonds. The molecule has 5 N–H and O–H groups in total. The summed E-state index contributed by atoms with van der Waals surface area (Å²) in [5, 5.41) is 13.5. The average molecular weight is 274 g/mol. The van der Waals surface area contributed by atoms with E-state index in [0.29, 0.717) is 13.1 Å². The standard InChI is InChI=1S/C11H22N4O4/c1-3-15(4-2)6-5-13-11(19)14-8(10(17)18)7-9(12)16/h8H,3-7H2,1-2H3,(H2,12,16)(H,17,18)(H2,13,14,19)/t8-/m1/s1. The molecular weight excluding hydrogens is 252 g/mol. The quantitative estimate of drug-likeness (QED) is 0.427. The lowest BCUT2D eigenvalue weighted by Gasteiger charge is -2.19. The van der Waals surface area contributed by atoms with Gasteiger partial charge in [0, 0.05) is 13.1 Å². The highest BCUT2D eigenvalue weighted by molar-refractivity contribution is 5.87. The van der Waals surface area contributed by atoms with Crippen LogP contribution in [0, 0.1) is 0 Å². The average Bonchev–Trinajstić information content (AvgIpc) is 2.33. The van der Waals surface area contributed by atoms with Crippen molar-refractivity contribution in [1.29, 1.82) is 0 Å². The van der Waals surface area contributed by atoms with Crippen LogP contribution >= 0.6 is 0 Å². The van der Waals surface area contributed by atoms with Crippen LogP contribution < -0.4 is 16.4 Å². The molecule has 0 aromatic carbocycles. The largest absolute Gasteiger partial charge is 0.480 e. The van der Waals surface area contributed by atoms with E-state index >= 15 is 0 Å². The number of urea groups is 1. The number of rotatable bonds is 9. The van der Waals surface area contributed by atoms with Crippen LogP contribution in [0.1, 0.15) is 20.3 Å². The van der Waals surface area contributed by atoms with Crippen molar-refractivity contribution in [1.82, 2.24) is 15.5 Å². The molecule has 0 bridgehead atoms. The zero-order valence-electron chi connectivity index (χ0n) is 11.3. The van der Waals surface area contributed by atoms with Crippen LogP contribution in [-0.2, 0) is 9.59 Å². The van der Waals surface area contributed by atoms with Crippen molar-refractivity contribution < 1.29 is 19.5 Å². The van der Waals surface area contributed by atoms with Gasteiger partial charge in [0.05, 0.1) is 6.42 Å². The number of likely N-dealkylation sites (N-methyl/N-ethyl adjacent to an activating group) is 1. The van der Waals surface area contributed by atoms with E-state index < -0.39 is 30.4 Å². The minimum absolute atomic E-state index is 0.399. The van der Waals surface area contributed by atoms with Crippen LogP contribution in [-0.4, -0.2) is 60.1 Å². The summed E-state index contributed by atoms with van der Waals surface area (Å²) in [5.41, 5.74) is 4.90. The predicted molar refractivity (Wildman–Crippen MR) is 69.6 cm³/mol. The van der Waals surface area contributed by atoms with E-state index in [-0.39, 0.29) is 0 Å². The SMILES string of the molecule is CCN(CC)CCNC(=O)N[C@H](CC(N)=O)C(=O)O. The molecule has 0 aliphatic rings. The van der Waals surface area contributed by atoms with Gasteiger partial charge in [-0.15, -0.1) is 0 Å². The minimum Gasteiger partial charge on any atom is -0.480 e. The first kappa shape index (κ1) is 17.2. The van der Waals surface area contributed by atoms with Crippen molar-refractivity contribution in [3.05, 3.63) is 0 Å². The third-order valence-electron chi connectivity index (χ3n) is 2.62. The smallest absolute Gasteiger partial charge is 0.326 e. The Balaban J connectivity index is 4.06. The Morgan fingerprint density at radius 3 is 2.26 bits per heavy atom. The minimum atomic E-state index is -1.30. The number of aliphatic carboxylic acids is 1. The van der Waals surface area contributed by atoms with Gasteiger partial charge < -0.3 is 26.4 Å². The Hall–Kier alpha value is -1.83. The van der Waals surface area contributed by atoms with Crippen molar-refractivity contribution in [2.45, 2.75) is 26.3 Å². The summed E-state index contributed by atoms with van der Waals surface area (Å²) in [4.78, 5) is 35.0. The van der Waals surface area contributed by atoms with E-state index in [1.807, 2.05) is 13.8 Å². The van der Waals surface area contributed by atoms with Crippen molar-refractivity contribution in [2.75, 3.05) is 26.2 Å². The topological polar surface area (TPSA) is 125 Å². The summed E-state index contributed by atoms with van der Waals surface area (Å²) in [6.45, 7) is 6.84. The molecule has 0 aromatic heterocycles. The lowest BCUT2D eigenvalue weighted by Crippen LogP contribution is -2.48. The van der Waals surface area contributed by atoms with Gasteiger partial charge in [-0.1, -0.05) is 13.8 Å². The zero-order chi connectivity index (χ0) is 14.8. The first-order chi connectivity index (χ1) is 8.90. The summed E-state index contributed by atoms with van der Waals surface area (Å²) >= 11 is 0. The molecule has 0 saturated heterocycles. The van der Waals surface area contributed by atoms with Crippen LogP contribution in [0.25, 0.3) is 0 Å². The molecule has 8 heteroatoms. The second-order valence-corrected chi connectivity index (χ2v) is 3.99. The number of nitrogens with two attached hydrogens (primary N) is 1. The van der Waals surface area contributed by atoms with Crippen molar-refractivity contribution in [2.24, 2.45) is 5.73 Å². The fourth-order valence-corrected chi connectivity index (χ4v) is 1.48. The zero-order valence-corrected chi connectivity index (χ0v) is 11.3. The molecule has 0 aromatic rings. The Morgan fingerprint density at radius 2 is 1.84 bits per heavy atom. The normalized spacial score (nSPS) is 11.9. The molecule has 19 heavy (non-hydrogen) atoms. The van der Waals surface area contributed by atoms with Gasteiger partial charge in [-0.2, -0.15) is 0 Å². The van der Waals surface area contributed by atoms with Crippen LogP contribution in [0.5, 0.6) is 0 Å². The van der Waals surface area contributed by atoms with Gasteiger partial charge in [0.15, 0.2) is 0 Å². The molecule has 0 unspecified atom stereocenters. The molecule has 0 heterocycles. The van der Waals surface area contributed by atoms with E-state index in [4.69, 9.17) is 10.8 Å². The third kappa shape index (κ3) is 7.98. The lowest BCUT2D eigenvalue weighted by molar-refractivity contribution is -0.140. The fraction of sp³-hybridized carbons (Fsp3) is 0.727. The maximum atomic E-state index is 11.4. The van der Waals surface area contributed by atoms with Crippen LogP contribution in [0.15, 0.2) is 0 Å². The summed E-state index contributed by atoms with van der Waals surface area (Å²) in [5.74, 6) is -2.08. The number of carbonyl (C=O) groups is 3. The maximum absolute atomic E-state index is 11.4. The van der Waals surface area contributed by atoms with Crippen LogP contribution in [0.4, 0.5) is 4.79 Å². The Kier molecular flexibility index (Phi) is 8.27. The van der Waals surface area contributed by atoms with Crippen LogP contribution in [0.2, 0.25) is 0 Å². The van der Waals surface area contributed by atoms with Gasteiger partial charge in [-0.05, 0) is 13.1 Å². The first-order valence-electron chi connectivity index (χ1n) is 6.18. The van der Waals surface area contributed by atoms with E-state index in [9.17, 15) is 14.4 Å². The van der Waals surface area contributed by atoms with E-state index in [1.165, 1.54) is 0 Å². The number of nitrogens with zero attached hydrogens (tertiary/aromatic N) is 1. The van der Waals surface area contributed by atoms with Crippen LogP contribution in [0.3, 0.4) is 0 Å². The van der Waals surface area contributed by atoms with Crippen molar-refractivity contribution in [3.63, 3.8) is 0 Å². The van der Waals surface area contributed by atoms with Gasteiger partial charge in [-0.25, -0.2) is 9.59 Å². The third-order valence-corrected chi connectivity index (χ3v) is 2.62. The number of hydrogen-bond donors (Lipinski definition) is 4. The summed E-state index contributed by atoms with van der Waals surface area (Å²) in [6, 6.07) is -1.92. The number of carbonyl (C=O) groups excluding carboxylic acids is 2. The maximum Gasteiger partial charge on any atom is 0.326 e. The molecule has 110 valence electrons. The van der Waals surface area contributed by atoms with Gasteiger partial charge in [0.2, 0.25) is 5.91 Å². The van der Waals surface area contributed by atoms with Gasteiger partial charge >= 0.3 is 12.0 Å². The molecule has 0 aliphatic carbocycles. The Bertz CT molecular complexity index is 318. The number of primary amides is 1. The molecule has 0 saturated carbocycles. The lowest BCUT2D eigenvalue weighted by atomic mass is 10.2. The number of amides is 3. The molecule has 1 atom stereocenters. The van der Waals surface area contributed by atoms with Gasteiger partial charge in [0.25, 0.3) is 0 Å². The number of nitrogens with one attached hydrogen (secondary N) is 2. The van der Waals surface area contributed by atoms with E-state index in [1.54, 1.807) is 0 Å². The highest BCUT2D eigenvalue weighted by atomic mass is 16.4. The number of carboxylic acids is 1. The highest BCUT2D eigenvalue weighted by Crippen LogP contribution is 1.91. The molecule has 0 radical (unpaired) electrons. The van der Waals surface area contributed by atoms with Crippen molar-refractivity contribution >= 4 is 17.9 Å². The van der Waals surface area contributed by atoms with E-state index in [0.717, 1.165) is 13.1 Å². The molecule has 0 spiro atoms. The predicted octanol–water partition coefficient (Wildman–Crippen LogP) is -1.04. The van der Waals surface area contributed by atoms with Gasteiger partial charge in [-0.3, -0.25) is 4.79 Å². The summed E-state index contributed by atoms with van der Waals surface area (Å²) < 4.78 is 0.